The lowest BCUT2D eigenvalue weighted by Crippen LogP contribution is -2.47. The van der Waals surface area contributed by atoms with Gasteiger partial charge >= 0.3 is 0 Å². The lowest BCUT2D eigenvalue weighted by Gasteiger charge is -2.24. The Hall–Kier alpha value is -3.01. The molecule has 1 atom stereocenters. The van der Waals surface area contributed by atoms with Gasteiger partial charge in [0.2, 0.25) is 0 Å². The Labute approximate surface area is 195 Å². The van der Waals surface area contributed by atoms with Gasteiger partial charge in [-0.1, -0.05) is 23.2 Å². The molecule has 1 aliphatic heterocycles. The number of likely N-dealkylation sites (N-methyl/N-ethyl adjacent to an activating group) is 1. The van der Waals surface area contributed by atoms with E-state index in [2.05, 4.69) is 21.1 Å². The summed E-state index contributed by atoms with van der Waals surface area (Å²) in [6.07, 6.45) is 4.32. The van der Waals surface area contributed by atoms with Crippen LogP contribution in [0.5, 0.6) is 11.5 Å². The molecule has 0 bridgehead atoms. The summed E-state index contributed by atoms with van der Waals surface area (Å²) in [6.45, 7) is 3.93. The van der Waals surface area contributed by atoms with Crippen LogP contribution in [0.1, 0.15) is 24.2 Å². The number of pyridine rings is 1. The maximum absolute atomic E-state index is 12.8. The third kappa shape index (κ3) is 4.90. The second-order valence-electron chi connectivity index (χ2n) is 6.87. The van der Waals surface area contributed by atoms with Crippen molar-refractivity contribution in [3.8, 4) is 11.5 Å². The van der Waals surface area contributed by atoms with Crippen molar-refractivity contribution in [2.75, 3.05) is 25.6 Å². The van der Waals surface area contributed by atoms with Crippen LogP contribution in [0, 0.1) is 0 Å². The predicted octanol–water partition coefficient (Wildman–Crippen LogP) is 3.34. The Balaban J connectivity index is 1.78. The minimum atomic E-state index is -1.23. The number of hydroxylamine groups is 1. The number of rotatable bonds is 8. The topological polar surface area (TPSA) is 111 Å². The highest BCUT2D eigenvalue weighted by Gasteiger charge is 2.42. The van der Waals surface area contributed by atoms with Gasteiger partial charge in [-0.05, 0) is 32.0 Å². The van der Waals surface area contributed by atoms with E-state index in [4.69, 9.17) is 37.5 Å². The molecule has 11 heteroatoms. The Morgan fingerprint density at radius 2 is 1.94 bits per heavy atom. The molecule has 1 aliphatic rings. The van der Waals surface area contributed by atoms with Gasteiger partial charge < -0.3 is 20.1 Å². The van der Waals surface area contributed by atoms with Crippen LogP contribution >= 0.6 is 23.2 Å². The van der Waals surface area contributed by atoms with E-state index >= 15 is 0 Å². The molecule has 1 unspecified atom stereocenters. The molecule has 0 spiro atoms. The van der Waals surface area contributed by atoms with Crippen molar-refractivity contribution in [1.82, 2.24) is 15.8 Å². The van der Waals surface area contributed by atoms with Crippen LogP contribution < -0.4 is 25.6 Å². The van der Waals surface area contributed by atoms with E-state index in [1.807, 2.05) is 6.92 Å². The van der Waals surface area contributed by atoms with Crippen LogP contribution in [0.25, 0.3) is 0 Å². The number of methoxy groups -OCH3 is 1. The number of anilines is 1. The van der Waals surface area contributed by atoms with Crippen molar-refractivity contribution in [2.24, 2.45) is 0 Å². The fourth-order valence-electron chi connectivity index (χ4n) is 2.93. The van der Waals surface area contributed by atoms with Gasteiger partial charge in [0.25, 0.3) is 11.8 Å². The molecule has 1 aromatic carbocycles. The number of nitrogens with zero attached hydrogens (tertiary/aromatic N) is 1. The Morgan fingerprint density at radius 1 is 1.22 bits per heavy atom. The number of aromatic nitrogens is 1. The minimum Gasteiger partial charge on any atom is -0.493 e. The molecule has 32 heavy (non-hydrogen) atoms. The van der Waals surface area contributed by atoms with Gasteiger partial charge in [-0.25, -0.2) is 0 Å². The van der Waals surface area contributed by atoms with Crippen molar-refractivity contribution < 1.29 is 23.9 Å². The molecule has 2 amide bonds. The van der Waals surface area contributed by atoms with Crippen LogP contribution in [0.15, 0.2) is 42.4 Å². The van der Waals surface area contributed by atoms with Crippen LogP contribution in [-0.4, -0.2) is 42.7 Å². The molecule has 3 rings (SSSR count). The van der Waals surface area contributed by atoms with E-state index in [9.17, 15) is 9.59 Å². The summed E-state index contributed by atoms with van der Waals surface area (Å²) in [6, 6.07) is 4.69. The monoisotopic (exact) mass is 480 g/mol. The molecule has 0 aliphatic carbocycles. The third-order valence-electron chi connectivity index (χ3n) is 4.78. The molecule has 2 aromatic rings. The summed E-state index contributed by atoms with van der Waals surface area (Å²) in [5.74, 6) is -0.0392. The first kappa shape index (κ1) is 23.6. The Bertz CT molecular complexity index is 1040. The molecule has 2 heterocycles. The number of hydrogen-bond donors (Lipinski definition) is 3. The van der Waals surface area contributed by atoms with Gasteiger partial charge in [0.05, 0.1) is 22.8 Å². The Kier molecular flexibility index (Phi) is 7.44. The number of amides is 2. The lowest BCUT2D eigenvalue weighted by molar-refractivity contribution is -0.143. The number of halogens is 2. The van der Waals surface area contributed by atoms with Gasteiger partial charge in [-0.2, -0.15) is 0 Å². The van der Waals surface area contributed by atoms with E-state index in [0.717, 1.165) is 0 Å². The average Bonchev–Trinajstić information content (AvgIpc) is 3.16. The molecular formula is C21H22Cl2N4O5. The number of carbonyl (C=O) groups is 2. The largest absolute Gasteiger partial charge is 0.493 e. The first-order valence-corrected chi connectivity index (χ1v) is 10.4. The highest BCUT2D eigenvalue weighted by Crippen LogP contribution is 2.33. The van der Waals surface area contributed by atoms with Crippen LogP contribution in [0.3, 0.4) is 0 Å². The van der Waals surface area contributed by atoms with Crippen LogP contribution in [-0.2, 0) is 9.63 Å². The predicted molar refractivity (Wildman–Crippen MR) is 120 cm³/mol. The molecule has 170 valence electrons. The van der Waals surface area contributed by atoms with Crippen molar-refractivity contribution in [3.05, 3.63) is 58.0 Å². The van der Waals surface area contributed by atoms with E-state index in [1.54, 1.807) is 25.3 Å². The standard InChI is InChI=1S/C21H22Cl2N4O5/c1-4-25-20(29)21(2)13(8-26-32-21)11-31-17-7-12(5-6-16(17)30-3)19(28)27-18-14(22)9-24-10-15(18)23/h5-10,26H,4,11H2,1-3H3,(H,25,29)(H,24,27,28). The number of hydrogen-bond acceptors (Lipinski definition) is 7. The van der Waals surface area contributed by atoms with Gasteiger partial charge in [-0.3, -0.25) is 24.9 Å². The number of carbonyl (C=O) groups excluding carboxylic acids is 2. The molecule has 3 N–H and O–H groups in total. The normalized spacial score (nSPS) is 17.2. The summed E-state index contributed by atoms with van der Waals surface area (Å²) in [7, 11) is 1.48. The summed E-state index contributed by atoms with van der Waals surface area (Å²) in [5, 5.41) is 5.82. The first-order chi connectivity index (χ1) is 15.3. The quantitative estimate of drug-likeness (QED) is 0.531. The first-order valence-electron chi connectivity index (χ1n) is 9.62. The SMILES string of the molecule is CCNC(=O)C1(C)ONC=C1COc1cc(C(=O)Nc2c(Cl)cncc2Cl)ccc1OC. The molecule has 0 saturated heterocycles. The van der Waals surface area contributed by atoms with Gasteiger partial charge in [0.1, 0.15) is 6.61 Å². The molecular weight excluding hydrogens is 459 g/mol. The second kappa shape index (κ2) is 10.1. The van der Waals surface area contributed by atoms with Crippen LogP contribution in [0.4, 0.5) is 5.69 Å². The average molecular weight is 481 g/mol. The smallest absolute Gasteiger partial charge is 0.259 e. The molecule has 0 fully saturated rings. The van der Waals surface area contributed by atoms with Gasteiger partial charge in [0.15, 0.2) is 17.1 Å². The highest BCUT2D eigenvalue weighted by atomic mass is 35.5. The fourth-order valence-corrected chi connectivity index (χ4v) is 3.38. The summed E-state index contributed by atoms with van der Waals surface area (Å²) < 4.78 is 11.2. The lowest BCUT2D eigenvalue weighted by atomic mass is 9.96. The van der Waals surface area contributed by atoms with Crippen molar-refractivity contribution in [3.63, 3.8) is 0 Å². The maximum atomic E-state index is 12.8. The van der Waals surface area contributed by atoms with Crippen molar-refractivity contribution >= 4 is 40.7 Å². The van der Waals surface area contributed by atoms with E-state index in [1.165, 1.54) is 25.6 Å². The third-order valence-corrected chi connectivity index (χ3v) is 5.35. The van der Waals surface area contributed by atoms with Crippen LogP contribution in [0.2, 0.25) is 10.0 Å². The molecule has 0 saturated carbocycles. The van der Waals surface area contributed by atoms with E-state index in [-0.39, 0.29) is 33.8 Å². The zero-order chi connectivity index (χ0) is 23.3. The summed E-state index contributed by atoms with van der Waals surface area (Å²) in [5.41, 5.74) is 2.48. The Morgan fingerprint density at radius 3 is 2.59 bits per heavy atom. The van der Waals surface area contributed by atoms with E-state index < -0.39 is 11.5 Å². The van der Waals surface area contributed by atoms with Crippen molar-refractivity contribution in [1.29, 1.82) is 0 Å². The molecule has 1 aromatic heterocycles. The number of nitrogens with one attached hydrogen (secondary N) is 3. The number of benzene rings is 1. The number of ether oxygens (including phenoxy) is 2. The van der Waals surface area contributed by atoms with Gasteiger partial charge in [0, 0.05) is 36.3 Å². The maximum Gasteiger partial charge on any atom is 0.259 e. The second-order valence-corrected chi connectivity index (χ2v) is 7.68. The van der Waals surface area contributed by atoms with Gasteiger partial charge in [-0.15, -0.1) is 0 Å². The molecule has 9 nitrogen and oxygen atoms in total. The minimum absolute atomic E-state index is 0.0179. The highest BCUT2D eigenvalue weighted by molar-refractivity contribution is 6.39. The summed E-state index contributed by atoms with van der Waals surface area (Å²) in [4.78, 5) is 34.4. The fraction of sp³-hybridized carbons (Fsp3) is 0.286. The zero-order valence-corrected chi connectivity index (χ0v) is 19.1. The zero-order valence-electron chi connectivity index (χ0n) is 17.6. The van der Waals surface area contributed by atoms with E-state index in [0.29, 0.717) is 23.6 Å². The molecule has 0 radical (unpaired) electrons. The summed E-state index contributed by atoms with van der Waals surface area (Å²) >= 11 is 12.1. The van der Waals surface area contributed by atoms with Crippen molar-refractivity contribution in [2.45, 2.75) is 19.4 Å².